The maximum atomic E-state index is 12.0. The van der Waals surface area contributed by atoms with E-state index in [-0.39, 0.29) is 5.91 Å². The zero-order valence-corrected chi connectivity index (χ0v) is 14.3. The molecule has 0 spiro atoms. The third kappa shape index (κ3) is 5.16. The molecule has 0 radical (unpaired) electrons. The summed E-state index contributed by atoms with van der Waals surface area (Å²) in [7, 11) is 3.56. The lowest BCUT2D eigenvalue weighted by molar-refractivity contribution is -0.117. The number of hydrogen-bond donors (Lipinski definition) is 1. The quantitative estimate of drug-likeness (QED) is 0.854. The first kappa shape index (κ1) is 16.5. The minimum atomic E-state index is -0.0345. The summed E-state index contributed by atoms with van der Waals surface area (Å²) >= 11 is 3.37. The van der Waals surface area contributed by atoms with Crippen LogP contribution in [0.5, 0.6) is 5.75 Å². The van der Waals surface area contributed by atoms with E-state index in [1.54, 1.807) is 7.11 Å². The molecule has 0 fully saturated rings. The molecule has 0 bridgehead atoms. The Kier molecular flexibility index (Phi) is 5.98. The summed E-state index contributed by atoms with van der Waals surface area (Å²) in [5.41, 5.74) is 1.90. The van der Waals surface area contributed by atoms with E-state index in [9.17, 15) is 4.79 Å². The van der Waals surface area contributed by atoms with Crippen molar-refractivity contribution in [2.75, 3.05) is 26.0 Å². The van der Waals surface area contributed by atoms with E-state index in [0.29, 0.717) is 13.1 Å². The summed E-state index contributed by atoms with van der Waals surface area (Å²) in [4.78, 5) is 14.0. The molecule has 1 amide bonds. The highest BCUT2D eigenvalue weighted by atomic mass is 79.9. The second kappa shape index (κ2) is 7.96. The molecule has 2 rings (SSSR count). The second-order valence-corrected chi connectivity index (χ2v) is 5.99. The number of ether oxygens (including phenoxy) is 1. The van der Waals surface area contributed by atoms with E-state index >= 15 is 0 Å². The van der Waals surface area contributed by atoms with Crippen molar-refractivity contribution in [3.8, 4) is 5.75 Å². The highest BCUT2D eigenvalue weighted by Crippen LogP contribution is 2.15. The van der Waals surface area contributed by atoms with Crippen LogP contribution in [0.25, 0.3) is 0 Å². The van der Waals surface area contributed by atoms with Gasteiger partial charge in [0.1, 0.15) is 5.75 Å². The van der Waals surface area contributed by atoms with Gasteiger partial charge in [-0.25, -0.2) is 0 Å². The summed E-state index contributed by atoms with van der Waals surface area (Å²) in [6.07, 6.45) is 0. The zero-order chi connectivity index (χ0) is 15.9. The maximum Gasteiger partial charge on any atom is 0.238 e. The summed E-state index contributed by atoms with van der Waals surface area (Å²) in [6, 6.07) is 15.4. The molecule has 4 nitrogen and oxygen atoms in total. The summed E-state index contributed by atoms with van der Waals surface area (Å²) in [6.45, 7) is 1.01. The Hall–Kier alpha value is -1.85. The number of nitrogens with zero attached hydrogens (tertiary/aromatic N) is 1. The molecule has 0 saturated heterocycles. The van der Waals surface area contributed by atoms with E-state index < -0.39 is 0 Å². The number of anilines is 1. The van der Waals surface area contributed by atoms with Crippen molar-refractivity contribution >= 4 is 27.5 Å². The van der Waals surface area contributed by atoms with E-state index in [1.165, 1.54) is 0 Å². The Morgan fingerprint density at radius 2 is 1.95 bits per heavy atom. The van der Waals surface area contributed by atoms with Gasteiger partial charge in [-0.2, -0.15) is 0 Å². The first-order valence-electron chi connectivity index (χ1n) is 6.93. The van der Waals surface area contributed by atoms with Gasteiger partial charge >= 0.3 is 0 Å². The second-order valence-electron chi connectivity index (χ2n) is 5.08. The number of methoxy groups -OCH3 is 1. The van der Waals surface area contributed by atoms with Gasteiger partial charge in [0.2, 0.25) is 5.91 Å². The largest absolute Gasteiger partial charge is 0.497 e. The molecule has 0 unspecified atom stereocenters. The van der Waals surface area contributed by atoms with Gasteiger partial charge in [-0.1, -0.05) is 28.1 Å². The van der Waals surface area contributed by atoms with Crippen LogP contribution >= 0.6 is 15.9 Å². The lowest BCUT2D eigenvalue weighted by Crippen LogP contribution is -2.29. The van der Waals surface area contributed by atoms with E-state index in [2.05, 4.69) is 21.2 Å². The van der Waals surface area contributed by atoms with Crippen LogP contribution in [0.15, 0.2) is 53.0 Å². The van der Waals surface area contributed by atoms with Crippen LogP contribution in [0.2, 0.25) is 0 Å². The van der Waals surface area contributed by atoms with Crippen molar-refractivity contribution in [1.29, 1.82) is 0 Å². The molecule has 0 aliphatic carbocycles. The number of carbonyl (C=O) groups excluding carboxylic acids is 1. The molecule has 22 heavy (non-hydrogen) atoms. The van der Waals surface area contributed by atoms with Gasteiger partial charge in [0, 0.05) is 16.7 Å². The Morgan fingerprint density at radius 3 is 2.64 bits per heavy atom. The van der Waals surface area contributed by atoms with Crippen molar-refractivity contribution in [2.24, 2.45) is 0 Å². The first-order chi connectivity index (χ1) is 10.6. The van der Waals surface area contributed by atoms with Crippen molar-refractivity contribution in [1.82, 2.24) is 4.90 Å². The lowest BCUT2D eigenvalue weighted by Gasteiger charge is -2.16. The molecule has 2 aromatic carbocycles. The number of halogens is 1. The summed E-state index contributed by atoms with van der Waals surface area (Å²) in [5.74, 6) is 0.790. The minimum absolute atomic E-state index is 0.0345. The van der Waals surface area contributed by atoms with Gasteiger partial charge in [-0.3, -0.25) is 9.69 Å². The Labute approximate surface area is 139 Å². The monoisotopic (exact) mass is 362 g/mol. The van der Waals surface area contributed by atoms with Gasteiger partial charge < -0.3 is 10.1 Å². The highest BCUT2D eigenvalue weighted by molar-refractivity contribution is 9.10. The molecule has 0 aliphatic rings. The fourth-order valence-electron chi connectivity index (χ4n) is 2.12. The van der Waals surface area contributed by atoms with Crippen molar-refractivity contribution < 1.29 is 9.53 Å². The van der Waals surface area contributed by atoms with Gasteiger partial charge in [0.15, 0.2) is 0 Å². The van der Waals surface area contributed by atoms with Gasteiger partial charge in [0.05, 0.1) is 13.7 Å². The Balaban J connectivity index is 1.86. The molecule has 0 heterocycles. The smallest absolute Gasteiger partial charge is 0.238 e. The van der Waals surface area contributed by atoms with Gasteiger partial charge in [0.25, 0.3) is 0 Å². The molecule has 0 aliphatic heterocycles. The predicted octanol–water partition coefficient (Wildman–Crippen LogP) is 3.53. The van der Waals surface area contributed by atoms with Crippen LogP contribution in [0.4, 0.5) is 5.69 Å². The van der Waals surface area contributed by atoms with Gasteiger partial charge in [-0.05, 0) is 49.0 Å². The number of amides is 1. The third-order valence-electron chi connectivity index (χ3n) is 3.13. The number of rotatable bonds is 6. The summed E-state index contributed by atoms with van der Waals surface area (Å²) < 4.78 is 6.19. The maximum absolute atomic E-state index is 12.0. The minimum Gasteiger partial charge on any atom is -0.497 e. The van der Waals surface area contributed by atoms with E-state index in [4.69, 9.17) is 4.74 Å². The zero-order valence-electron chi connectivity index (χ0n) is 12.7. The SMILES string of the molecule is COc1cccc(CN(C)CC(=O)Nc2ccc(Br)cc2)c1. The normalized spacial score (nSPS) is 10.5. The van der Waals surface area contributed by atoms with Crippen LogP contribution < -0.4 is 10.1 Å². The third-order valence-corrected chi connectivity index (χ3v) is 3.66. The molecule has 116 valence electrons. The van der Waals surface area contributed by atoms with Crippen LogP contribution in [0, 0.1) is 0 Å². The molecule has 0 saturated carbocycles. The molecule has 2 aromatic rings. The van der Waals surface area contributed by atoms with Crippen molar-refractivity contribution in [3.05, 3.63) is 58.6 Å². The summed E-state index contributed by atoms with van der Waals surface area (Å²) in [5, 5.41) is 2.88. The van der Waals surface area contributed by atoms with Crippen LogP contribution in [-0.2, 0) is 11.3 Å². The first-order valence-corrected chi connectivity index (χ1v) is 7.73. The van der Waals surface area contributed by atoms with E-state index in [1.807, 2.05) is 60.5 Å². The highest BCUT2D eigenvalue weighted by Gasteiger charge is 2.08. The van der Waals surface area contributed by atoms with Gasteiger partial charge in [-0.15, -0.1) is 0 Å². The molecular formula is C17H19BrN2O2. The standard InChI is InChI=1S/C17H19BrN2O2/c1-20(11-13-4-3-5-16(10-13)22-2)12-17(21)19-15-8-6-14(18)7-9-15/h3-10H,11-12H2,1-2H3,(H,19,21). The fourth-order valence-corrected chi connectivity index (χ4v) is 2.38. The molecule has 0 atom stereocenters. The Bertz CT molecular complexity index is 629. The van der Waals surface area contributed by atoms with Crippen molar-refractivity contribution in [3.63, 3.8) is 0 Å². The molecule has 0 aromatic heterocycles. The number of likely N-dealkylation sites (N-methyl/N-ethyl adjacent to an activating group) is 1. The average Bonchev–Trinajstić information content (AvgIpc) is 2.49. The average molecular weight is 363 g/mol. The van der Waals surface area contributed by atoms with Crippen LogP contribution in [0.3, 0.4) is 0 Å². The van der Waals surface area contributed by atoms with E-state index in [0.717, 1.165) is 21.5 Å². The topological polar surface area (TPSA) is 41.6 Å². The molecular weight excluding hydrogens is 344 g/mol. The fraction of sp³-hybridized carbons (Fsp3) is 0.235. The number of carbonyl (C=O) groups is 1. The molecule has 1 N–H and O–H groups in total. The van der Waals surface area contributed by atoms with Crippen LogP contribution in [-0.4, -0.2) is 31.5 Å². The number of benzene rings is 2. The van der Waals surface area contributed by atoms with Crippen LogP contribution in [0.1, 0.15) is 5.56 Å². The Morgan fingerprint density at radius 1 is 1.23 bits per heavy atom. The molecule has 5 heteroatoms. The number of hydrogen-bond acceptors (Lipinski definition) is 3. The lowest BCUT2D eigenvalue weighted by atomic mass is 10.2. The predicted molar refractivity (Wildman–Crippen MR) is 92.1 cm³/mol. The van der Waals surface area contributed by atoms with Crippen molar-refractivity contribution in [2.45, 2.75) is 6.54 Å². The number of nitrogens with one attached hydrogen (secondary N) is 1.